The van der Waals surface area contributed by atoms with Crippen LogP contribution in [0, 0.1) is 0 Å². The fourth-order valence-electron chi connectivity index (χ4n) is 1.26. The van der Waals surface area contributed by atoms with E-state index in [1.165, 1.54) is 18.2 Å². The summed E-state index contributed by atoms with van der Waals surface area (Å²) in [6, 6.07) is 4.13. The van der Waals surface area contributed by atoms with E-state index in [4.69, 9.17) is 16.7 Å². The van der Waals surface area contributed by atoms with E-state index in [0.717, 1.165) is 0 Å². The van der Waals surface area contributed by atoms with Crippen molar-refractivity contribution >= 4 is 39.3 Å². The van der Waals surface area contributed by atoms with Gasteiger partial charge in [-0.15, -0.1) is 0 Å². The van der Waals surface area contributed by atoms with Crippen molar-refractivity contribution in [3.05, 3.63) is 34.3 Å². The Morgan fingerprint density at radius 2 is 2.00 bits per heavy atom. The van der Waals surface area contributed by atoms with Gasteiger partial charge in [-0.3, -0.25) is 4.79 Å². The molecule has 0 amide bonds. The van der Waals surface area contributed by atoms with Crippen LogP contribution in [0.4, 0.5) is 0 Å². The average molecular weight is 322 g/mol. The molecule has 1 rings (SSSR count). The van der Waals surface area contributed by atoms with Crippen LogP contribution in [-0.4, -0.2) is 26.8 Å². The molecule has 2 unspecified atom stereocenters. The molecule has 0 aliphatic carbocycles. The lowest BCUT2D eigenvalue weighted by Crippen LogP contribution is -2.13. The molecular formula is C11H10BrClO4. The van der Waals surface area contributed by atoms with Crippen molar-refractivity contribution in [2.24, 2.45) is 0 Å². The molecule has 1 aromatic rings. The molecular weight excluding hydrogens is 311 g/mol. The summed E-state index contributed by atoms with van der Waals surface area (Å²) in [6.45, 7) is 1.68. The predicted molar refractivity (Wildman–Crippen MR) is 66.8 cm³/mol. The van der Waals surface area contributed by atoms with Crippen LogP contribution in [0.15, 0.2) is 18.2 Å². The number of halogens is 2. The third-order valence-corrected chi connectivity index (χ3v) is 2.92. The highest BCUT2D eigenvalue weighted by Gasteiger charge is 2.20. The quantitative estimate of drug-likeness (QED) is 0.660. The number of carbonyl (C=O) groups excluding carboxylic acids is 1. The number of aliphatic hydroxyl groups is 1. The molecule has 0 heterocycles. The maximum atomic E-state index is 11.6. The Balaban J connectivity index is 3.10. The molecule has 2 atom stereocenters. The predicted octanol–water partition coefficient (Wildman–Crippen LogP) is 2.42. The van der Waals surface area contributed by atoms with E-state index < -0.39 is 12.1 Å². The first-order valence-electron chi connectivity index (χ1n) is 4.73. The first-order chi connectivity index (χ1) is 7.84. The molecule has 4 nitrogen and oxygen atoms in total. The number of aliphatic hydroxyl groups excluding tert-OH is 1. The third-order valence-electron chi connectivity index (χ3n) is 2.17. The van der Waals surface area contributed by atoms with E-state index in [1.54, 1.807) is 6.92 Å². The van der Waals surface area contributed by atoms with Crippen LogP contribution in [0.25, 0.3) is 0 Å². The maximum Gasteiger partial charge on any atom is 0.337 e. The lowest BCUT2D eigenvalue weighted by atomic mass is 10.0. The molecule has 92 valence electrons. The number of hydrogen-bond donors (Lipinski definition) is 2. The van der Waals surface area contributed by atoms with Gasteiger partial charge in [0.1, 0.15) is 0 Å². The minimum absolute atomic E-state index is 0.0545. The van der Waals surface area contributed by atoms with Crippen LogP contribution in [0.5, 0.6) is 0 Å². The van der Waals surface area contributed by atoms with E-state index in [9.17, 15) is 14.7 Å². The molecule has 0 bridgehead atoms. The van der Waals surface area contributed by atoms with Gasteiger partial charge in [0.15, 0.2) is 11.9 Å². The van der Waals surface area contributed by atoms with Gasteiger partial charge >= 0.3 is 5.97 Å². The lowest BCUT2D eigenvalue weighted by Gasteiger charge is -2.10. The molecule has 6 heteroatoms. The number of carboxylic acid groups (broad SMARTS) is 1. The number of carbonyl (C=O) groups is 2. The van der Waals surface area contributed by atoms with Crippen LogP contribution in [0.1, 0.15) is 28.9 Å². The zero-order valence-corrected chi connectivity index (χ0v) is 11.2. The smallest absolute Gasteiger partial charge is 0.337 e. The summed E-state index contributed by atoms with van der Waals surface area (Å²) in [5.74, 6) is -1.55. The van der Waals surface area contributed by atoms with Gasteiger partial charge in [0, 0.05) is 16.1 Å². The summed E-state index contributed by atoms with van der Waals surface area (Å²) < 4.78 is 0. The van der Waals surface area contributed by atoms with Crippen molar-refractivity contribution in [1.82, 2.24) is 0 Å². The van der Waals surface area contributed by atoms with Gasteiger partial charge in [-0.1, -0.05) is 39.7 Å². The normalized spacial score (nSPS) is 14.1. The Morgan fingerprint density at radius 3 is 2.41 bits per heavy atom. The fraction of sp³-hybridized carbons (Fsp3) is 0.273. The average Bonchev–Trinajstić information content (AvgIpc) is 2.26. The Kier molecular flexibility index (Phi) is 4.68. The standard InChI is InChI=1S/C11H10BrClO4/c1-5(12)9(14)6-2-3-7(8(13)4-6)10(15)11(16)17/h2-5,10,15H,1H3,(H,16,17). The van der Waals surface area contributed by atoms with Crippen molar-refractivity contribution in [1.29, 1.82) is 0 Å². The van der Waals surface area contributed by atoms with Gasteiger partial charge in [-0.2, -0.15) is 0 Å². The Morgan fingerprint density at radius 1 is 1.41 bits per heavy atom. The molecule has 0 spiro atoms. The topological polar surface area (TPSA) is 74.6 Å². The van der Waals surface area contributed by atoms with Crippen molar-refractivity contribution < 1.29 is 19.8 Å². The second-order valence-electron chi connectivity index (χ2n) is 3.46. The van der Waals surface area contributed by atoms with E-state index >= 15 is 0 Å². The van der Waals surface area contributed by atoms with Crippen LogP contribution >= 0.6 is 27.5 Å². The molecule has 17 heavy (non-hydrogen) atoms. The summed E-state index contributed by atoms with van der Waals surface area (Å²) >= 11 is 8.96. The number of aliphatic carboxylic acids is 1. The monoisotopic (exact) mass is 320 g/mol. The first kappa shape index (κ1) is 14.2. The van der Waals surface area contributed by atoms with Crippen molar-refractivity contribution in [2.75, 3.05) is 0 Å². The number of hydrogen-bond acceptors (Lipinski definition) is 3. The van der Waals surface area contributed by atoms with E-state index in [1.807, 2.05) is 0 Å². The molecule has 0 saturated heterocycles. The number of rotatable bonds is 4. The van der Waals surface area contributed by atoms with Gasteiger partial charge in [0.25, 0.3) is 0 Å². The van der Waals surface area contributed by atoms with Crippen molar-refractivity contribution in [3.8, 4) is 0 Å². The second kappa shape index (κ2) is 5.62. The summed E-state index contributed by atoms with van der Waals surface area (Å²) in [7, 11) is 0. The van der Waals surface area contributed by atoms with E-state index in [-0.39, 0.29) is 21.2 Å². The molecule has 2 N–H and O–H groups in total. The number of alkyl halides is 1. The summed E-state index contributed by atoms with van der Waals surface area (Å²) in [5.41, 5.74) is 0.429. The Bertz CT molecular complexity index is 459. The number of carboxylic acids is 1. The van der Waals surface area contributed by atoms with Crippen LogP contribution in [-0.2, 0) is 4.79 Å². The van der Waals surface area contributed by atoms with E-state index in [0.29, 0.717) is 5.56 Å². The number of benzene rings is 1. The number of ketones is 1. The van der Waals surface area contributed by atoms with Gasteiger partial charge in [-0.25, -0.2) is 4.79 Å². The highest BCUT2D eigenvalue weighted by molar-refractivity contribution is 9.10. The van der Waals surface area contributed by atoms with Gasteiger partial charge < -0.3 is 10.2 Å². The van der Waals surface area contributed by atoms with Gasteiger partial charge in [-0.05, 0) is 13.0 Å². The van der Waals surface area contributed by atoms with Gasteiger partial charge in [0.2, 0.25) is 0 Å². The minimum atomic E-state index is -1.69. The highest BCUT2D eigenvalue weighted by atomic mass is 79.9. The third kappa shape index (κ3) is 3.28. The van der Waals surface area contributed by atoms with E-state index in [2.05, 4.69) is 15.9 Å². The lowest BCUT2D eigenvalue weighted by molar-refractivity contribution is -0.146. The summed E-state index contributed by atoms with van der Waals surface area (Å²) in [4.78, 5) is 21.9. The summed E-state index contributed by atoms with van der Waals surface area (Å²) in [6.07, 6.45) is -1.69. The van der Waals surface area contributed by atoms with Gasteiger partial charge in [0.05, 0.1) is 4.83 Å². The van der Waals surface area contributed by atoms with Crippen LogP contribution in [0.2, 0.25) is 5.02 Å². The first-order valence-corrected chi connectivity index (χ1v) is 6.02. The zero-order chi connectivity index (χ0) is 13.2. The largest absolute Gasteiger partial charge is 0.479 e. The molecule has 0 aromatic heterocycles. The zero-order valence-electron chi connectivity index (χ0n) is 8.85. The maximum absolute atomic E-state index is 11.6. The molecule has 1 aromatic carbocycles. The minimum Gasteiger partial charge on any atom is -0.479 e. The Hall–Kier alpha value is -0.910. The Labute approximate surface area is 111 Å². The summed E-state index contributed by atoms with van der Waals surface area (Å²) in [5, 5.41) is 18.0. The van der Waals surface area contributed by atoms with Crippen LogP contribution < -0.4 is 0 Å². The van der Waals surface area contributed by atoms with Crippen LogP contribution in [0.3, 0.4) is 0 Å². The second-order valence-corrected chi connectivity index (χ2v) is 5.24. The molecule has 0 radical (unpaired) electrons. The fourth-order valence-corrected chi connectivity index (χ4v) is 1.81. The molecule has 0 aliphatic rings. The molecule has 0 fully saturated rings. The molecule has 0 aliphatic heterocycles. The SMILES string of the molecule is CC(Br)C(=O)c1ccc(C(O)C(=O)O)c(Cl)c1. The van der Waals surface area contributed by atoms with Crippen molar-refractivity contribution in [3.63, 3.8) is 0 Å². The molecule has 0 saturated carbocycles. The van der Waals surface area contributed by atoms with Crippen molar-refractivity contribution in [2.45, 2.75) is 17.9 Å². The highest BCUT2D eigenvalue weighted by Crippen LogP contribution is 2.25. The number of Topliss-reactive ketones (excluding diaryl/α,β-unsaturated/α-hetero) is 1.